The van der Waals surface area contributed by atoms with Gasteiger partial charge in [0.15, 0.2) is 29.1 Å². The Labute approximate surface area is 839 Å². The predicted octanol–water partition coefficient (Wildman–Crippen LogP) is 33.1. The van der Waals surface area contributed by atoms with Crippen molar-refractivity contribution in [2.24, 2.45) is 0 Å². The summed E-state index contributed by atoms with van der Waals surface area (Å²) in [5, 5.41) is 0. The first kappa shape index (κ1) is 107. The molecular formula is C128H152N12. The van der Waals surface area contributed by atoms with Gasteiger partial charge < -0.3 is 0 Å². The molecular weight excluding hydrogens is 1710 g/mol. The van der Waals surface area contributed by atoms with Crippen molar-refractivity contribution < 1.29 is 0 Å². The maximum atomic E-state index is 4.67. The van der Waals surface area contributed by atoms with E-state index in [0.29, 0.717) is 0 Å². The van der Waals surface area contributed by atoms with E-state index in [0.717, 1.165) is 79.5 Å². The molecule has 12 heteroatoms. The lowest BCUT2D eigenvalue weighted by molar-refractivity contribution is 1.05. The lowest BCUT2D eigenvalue weighted by atomic mass is 9.79. The van der Waals surface area contributed by atoms with Crippen molar-refractivity contribution >= 4 is 0 Å². The molecule has 0 aliphatic carbocycles. The molecule has 724 valence electrons. The fourth-order valence-electron chi connectivity index (χ4n) is 20.0. The van der Waals surface area contributed by atoms with E-state index in [-0.39, 0.29) is 0 Å². The van der Waals surface area contributed by atoms with E-state index in [2.05, 4.69) is 385 Å². The van der Waals surface area contributed by atoms with Gasteiger partial charge >= 0.3 is 0 Å². The van der Waals surface area contributed by atoms with Crippen LogP contribution in [0.1, 0.15) is 245 Å². The first-order valence-electron chi connectivity index (χ1n) is 49.4. The quantitative estimate of drug-likeness (QED) is 0.128. The Hall–Kier alpha value is -13.3. The van der Waals surface area contributed by atoms with E-state index in [1.54, 1.807) is 0 Å². The number of aromatic nitrogens is 12. The zero-order valence-electron chi connectivity index (χ0n) is 92.9. The zero-order valence-corrected chi connectivity index (χ0v) is 92.9. The molecule has 0 N–H and O–H groups in total. The number of hydrogen-bond acceptors (Lipinski definition) is 12. The molecule has 16 rings (SSSR count). The first-order chi connectivity index (χ1) is 65.8. The number of nitrogens with zero attached hydrogens (tertiary/aromatic N) is 12. The maximum absolute atomic E-state index is 4.67. The van der Waals surface area contributed by atoms with Gasteiger partial charge in [0, 0.05) is 119 Å². The SMILES string of the molecule is Cc1ccc(-c2cnc(-c3c(C)c(C)c(C)c(C)c3C)nc2)cc1.Cc1ccc(-c2cnc(-c3c(C)c(C)c(C)c(C)c3C)nc2)cc1.Cc1cnc(-c2c(C)c(C)c(-c3c(C)c(C)c(C)c(C)c3C)c(C)c2C)nc1.Cc1cnc(-c2c(C)c(C)c(C)c(C)c2C)nc1.Cc1cnc(-c2c(C)c(C)c(C)c(C)c2C)nc1.Cc1ncc(-c2c(C)c(C)c(-c3c(C)c(C)c(C)c(C)c3C)c(C)c2C)cn1. The van der Waals surface area contributed by atoms with E-state index in [9.17, 15) is 0 Å². The number of rotatable bonds is 10. The van der Waals surface area contributed by atoms with Crippen LogP contribution in [0, 0.1) is 305 Å². The molecule has 0 spiro atoms. The van der Waals surface area contributed by atoms with Crippen LogP contribution in [0.2, 0.25) is 0 Å². The molecule has 0 bridgehead atoms. The Morgan fingerprint density at radius 3 is 0.407 bits per heavy atom. The molecule has 0 aliphatic heterocycles. The highest BCUT2D eigenvalue weighted by atomic mass is 14.9. The standard InChI is InChI=1S/2C26H32N2.2C22H24N2.2C16H20N2/c1-13-14(2)16(4)25(17(5)15(13)3)26-20(8)18(6)24(19(7)21(26)9)23-11-27-22(10)28-12-23;1-13-11-27-26(28-12-13)25-21(9)19(7)24(20(8)22(25)10)23-17(5)15(3)14(2)16(4)18(23)6;2*1-13-7-9-19(10-8-13)20-11-23-22(24-12-20)21-17(5)15(3)14(2)16(4)18(21)6;2*1-9-7-17-16(18-8-9)15-13(5)11(3)10(2)12(4)14(15)6/h2*11-12H,1-10H3;2*7-12H,1-6H3;2*7-8H,1-6H3. The summed E-state index contributed by atoms with van der Waals surface area (Å²) in [4.78, 5) is 54.7. The minimum absolute atomic E-state index is 0.806. The van der Waals surface area contributed by atoms with E-state index >= 15 is 0 Å². The van der Waals surface area contributed by atoms with Crippen LogP contribution in [-0.4, -0.2) is 59.8 Å². The Morgan fingerprint density at radius 1 is 0.100 bits per heavy atom. The van der Waals surface area contributed by atoms with Gasteiger partial charge in [0.05, 0.1) is 0 Å². The Bertz CT molecular complexity index is 6740. The van der Waals surface area contributed by atoms with E-state index in [1.807, 2.05) is 102 Å². The summed E-state index contributed by atoms with van der Waals surface area (Å²) in [6.07, 6.45) is 22.9. The van der Waals surface area contributed by atoms with Crippen molar-refractivity contribution in [2.45, 2.75) is 305 Å². The molecule has 0 amide bonds. The molecule has 0 saturated carbocycles. The second-order valence-electron chi connectivity index (χ2n) is 40.1. The molecule has 0 saturated heterocycles. The number of benzene rings is 10. The highest BCUT2D eigenvalue weighted by molar-refractivity contribution is 5.88. The minimum Gasteiger partial charge on any atom is -0.241 e. The molecule has 16 aromatic rings. The third-order valence-corrected chi connectivity index (χ3v) is 32.4. The van der Waals surface area contributed by atoms with Gasteiger partial charge in [-0.1, -0.05) is 59.7 Å². The van der Waals surface area contributed by atoms with Crippen molar-refractivity contribution in [2.75, 3.05) is 0 Å². The summed E-state index contributed by atoms with van der Waals surface area (Å²) < 4.78 is 0. The van der Waals surface area contributed by atoms with Gasteiger partial charge in [-0.3, -0.25) is 0 Å². The first-order valence-corrected chi connectivity index (χ1v) is 49.4. The lowest BCUT2D eigenvalue weighted by Crippen LogP contribution is -2.06. The van der Waals surface area contributed by atoms with E-state index < -0.39 is 0 Å². The molecule has 0 unspecified atom stereocenters. The molecule has 6 heterocycles. The summed E-state index contributed by atoms with van der Waals surface area (Å²) >= 11 is 0. The molecule has 0 aliphatic rings. The fourth-order valence-corrected chi connectivity index (χ4v) is 20.0. The summed E-state index contributed by atoms with van der Waals surface area (Å²) in [6, 6.07) is 16.9. The average Bonchev–Trinajstić information content (AvgIpc) is 0.740. The van der Waals surface area contributed by atoms with E-state index in [4.69, 9.17) is 0 Å². The minimum atomic E-state index is 0.806. The van der Waals surface area contributed by atoms with Crippen LogP contribution in [0.15, 0.2) is 123 Å². The summed E-state index contributed by atoms with van der Waals surface area (Å²) in [5.41, 5.74) is 75.1. The Morgan fingerprint density at radius 2 is 0.229 bits per heavy atom. The highest BCUT2D eigenvalue weighted by Crippen LogP contribution is 2.47. The van der Waals surface area contributed by atoms with Crippen LogP contribution in [0.25, 0.3) is 113 Å². The molecule has 140 heavy (non-hydrogen) atoms. The van der Waals surface area contributed by atoms with Crippen molar-refractivity contribution in [1.82, 2.24) is 59.8 Å². The van der Waals surface area contributed by atoms with Gasteiger partial charge in [0.2, 0.25) is 0 Å². The second-order valence-corrected chi connectivity index (χ2v) is 40.1. The van der Waals surface area contributed by atoms with Crippen LogP contribution in [0.4, 0.5) is 0 Å². The third kappa shape index (κ3) is 21.4. The van der Waals surface area contributed by atoms with E-state index in [1.165, 1.54) is 278 Å². The lowest BCUT2D eigenvalue weighted by Gasteiger charge is -2.25. The zero-order chi connectivity index (χ0) is 104. The number of aryl methyl sites for hydroxylation is 6. The normalized spacial score (nSPS) is 11.0. The van der Waals surface area contributed by atoms with Gasteiger partial charge in [0.25, 0.3) is 0 Å². The van der Waals surface area contributed by atoms with Crippen molar-refractivity contribution in [3.63, 3.8) is 0 Å². The Kier molecular flexibility index (Phi) is 33.7. The molecule has 10 aromatic carbocycles. The van der Waals surface area contributed by atoms with Crippen molar-refractivity contribution in [3.8, 4) is 113 Å². The van der Waals surface area contributed by atoms with Crippen molar-refractivity contribution in [1.29, 1.82) is 0 Å². The van der Waals surface area contributed by atoms with Crippen LogP contribution in [-0.2, 0) is 0 Å². The number of hydrogen-bond donors (Lipinski definition) is 0. The molecule has 0 atom stereocenters. The smallest absolute Gasteiger partial charge is 0.159 e. The predicted molar refractivity (Wildman–Crippen MR) is 595 cm³/mol. The van der Waals surface area contributed by atoms with Gasteiger partial charge in [-0.2, -0.15) is 0 Å². The molecule has 6 aromatic heterocycles. The summed E-state index contributed by atoms with van der Waals surface area (Å²) in [7, 11) is 0. The monoisotopic (exact) mass is 1860 g/mol. The van der Waals surface area contributed by atoms with Crippen LogP contribution in [0.5, 0.6) is 0 Å². The van der Waals surface area contributed by atoms with Crippen LogP contribution in [0.3, 0.4) is 0 Å². The summed E-state index contributed by atoms with van der Waals surface area (Å²) in [6.45, 7) is 96.1. The largest absolute Gasteiger partial charge is 0.241 e. The van der Waals surface area contributed by atoms with Crippen LogP contribution >= 0.6 is 0 Å². The maximum Gasteiger partial charge on any atom is 0.159 e. The van der Waals surface area contributed by atoms with Gasteiger partial charge in [-0.25, -0.2) is 59.8 Å². The Balaban J connectivity index is 0.000000162. The van der Waals surface area contributed by atoms with Gasteiger partial charge in [-0.05, 0) is 572 Å². The topological polar surface area (TPSA) is 155 Å². The van der Waals surface area contributed by atoms with Crippen LogP contribution < -0.4 is 0 Å². The third-order valence-electron chi connectivity index (χ3n) is 32.4. The summed E-state index contributed by atoms with van der Waals surface area (Å²) in [5.74, 6) is 4.92. The van der Waals surface area contributed by atoms with Crippen molar-refractivity contribution in [3.05, 3.63) is 368 Å². The average molecular weight is 1860 g/mol. The molecule has 0 fully saturated rings. The fraction of sp³-hybridized carbons (Fsp3) is 0.344. The van der Waals surface area contributed by atoms with Gasteiger partial charge in [0.1, 0.15) is 5.82 Å². The molecule has 0 radical (unpaired) electrons. The highest BCUT2D eigenvalue weighted by Gasteiger charge is 2.28. The van der Waals surface area contributed by atoms with Gasteiger partial charge in [-0.15, -0.1) is 0 Å². The molecule has 12 nitrogen and oxygen atoms in total. The second kappa shape index (κ2) is 44.0.